The predicted molar refractivity (Wildman–Crippen MR) is 118 cm³/mol. The van der Waals surface area contributed by atoms with E-state index in [2.05, 4.69) is 19.8 Å². The fourth-order valence-corrected chi connectivity index (χ4v) is 5.21. The van der Waals surface area contributed by atoms with Gasteiger partial charge in [-0.2, -0.15) is 8.42 Å². The molecule has 2 heterocycles. The monoisotopic (exact) mass is 528 g/mol. The van der Waals surface area contributed by atoms with Crippen molar-refractivity contribution in [2.45, 2.75) is 30.6 Å². The van der Waals surface area contributed by atoms with Gasteiger partial charge in [0, 0.05) is 43.5 Å². The molecule has 0 bridgehead atoms. The van der Waals surface area contributed by atoms with E-state index in [1.807, 2.05) is 0 Å². The van der Waals surface area contributed by atoms with Crippen LogP contribution in [0.25, 0.3) is 0 Å². The lowest BCUT2D eigenvalue weighted by Crippen LogP contribution is -2.56. The summed E-state index contributed by atoms with van der Waals surface area (Å²) in [7, 11) is -5.08. The van der Waals surface area contributed by atoms with Crippen molar-refractivity contribution < 1.29 is 40.1 Å². The summed E-state index contributed by atoms with van der Waals surface area (Å²) in [5.41, 5.74) is -0.711. The fraction of sp³-hybridized carbons (Fsp3) is 0.273. The Kier molecular flexibility index (Phi) is 6.91. The minimum atomic E-state index is -5.08. The topological polar surface area (TPSA) is 105 Å². The highest BCUT2D eigenvalue weighted by atomic mass is 32.2. The van der Waals surface area contributed by atoms with Gasteiger partial charge < -0.3 is 14.7 Å². The number of nitrogens with zero attached hydrogens (tertiary/aromatic N) is 3. The molecule has 192 valence electrons. The van der Waals surface area contributed by atoms with Gasteiger partial charge in [0.2, 0.25) is 5.82 Å². The van der Waals surface area contributed by atoms with E-state index in [1.54, 1.807) is 11.0 Å². The Morgan fingerprint density at radius 2 is 1.89 bits per heavy atom. The number of alkyl halides is 1. The number of rotatable bonds is 10. The number of aromatic nitrogens is 1. The van der Waals surface area contributed by atoms with E-state index < -0.39 is 43.9 Å². The van der Waals surface area contributed by atoms with Crippen LogP contribution in [-0.2, 0) is 32.7 Å². The van der Waals surface area contributed by atoms with Crippen molar-refractivity contribution in [3.63, 3.8) is 0 Å². The van der Waals surface area contributed by atoms with Crippen LogP contribution >= 0.6 is 0 Å². The molecular weight excluding hydrogens is 508 g/mol. The maximum Gasteiger partial charge on any atom is 0.322 e. The average molecular weight is 528 g/mol. The van der Waals surface area contributed by atoms with Gasteiger partial charge in [-0.15, -0.1) is 0 Å². The van der Waals surface area contributed by atoms with Crippen LogP contribution in [0.1, 0.15) is 18.1 Å². The second kappa shape index (κ2) is 9.78. The molecule has 14 heteroatoms. The van der Waals surface area contributed by atoms with Gasteiger partial charge in [-0.25, -0.2) is 17.6 Å². The van der Waals surface area contributed by atoms with E-state index in [-0.39, 0.29) is 48.4 Å². The summed E-state index contributed by atoms with van der Waals surface area (Å²) in [5.74, 6) is -4.13. The summed E-state index contributed by atoms with van der Waals surface area (Å²) < 4.78 is 88.0. The van der Waals surface area contributed by atoms with Crippen LogP contribution in [0.4, 0.5) is 29.1 Å². The number of nitrogens with one attached hydrogen (secondary N) is 1. The summed E-state index contributed by atoms with van der Waals surface area (Å²) in [6, 6.07) is 6.77. The smallest absolute Gasteiger partial charge is 0.322 e. The van der Waals surface area contributed by atoms with Gasteiger partial charge in [0.25, 0.3) is 0 Å². The van der Waals surface area contributed by atoms with E-state index in [1.165, 1.54) is 19.1 Å². The lowest BCUT2D eigenvalue weighted by molar-refractivity contribution is -0.128. The summed E-state index contributed by atoms with van der Waals surface area (Å²) in [4.78, 5) is 15.5. The highest BCUT2D eigenvalue weighted by molar-refractivity contribution is 7.92. The first-order valence-electron chi connectivity index (χ1n) is 10.5. The number of halogens is 4. The average Bonchev–Trinajstić information content (AvgIpc) is 3.29. The molecule has 0 unspecified atom stereocenters. The van der Waals surface area contributed by atoms with Gasteiger partial charge in [0.1, 0.15) is 29.4 Å². The van der Waals surface area contributed by atoms with Crippen molar-refractivity contribution in [3.05, 3.63) is 71.2 Å². The lowest BCUT2D eigenvalue weighted by atomic mass is 9.97. The van der Waals surface area contributed by atoms with Crippen LogP contribution < -0.4 is 9.79 Å². The van der Waals surface area contributed by atoms with E-state index in [0.717, 1.165) is 12.3 Å². The Morgan fingerprint density at radius 1 is 1.19 bits per heavy atom. The van der Waals surface area contributed by atoms with Gasteiger partial charge >= 0.3 is 16.5 Å². The van der Waals surface area contributed by atoms with E-state index in [0.29, 0.717) is 17.7 Å². The predicted octanol–water partition coefficient (Wildman–Crippen LogP) is 3.53. The molecule has 1 fully saturated rings. The second-order valence-electron chi connectivity index (χ2n) is 8.35. The Balaban J connectivity index is 1.56. The minimum absolute atomic E-state index is 0.0953. The molecule has 1 aromatic heterocycles. The van der Waals surface area contributed by atoms with E-state index in [9.17, 15) is 30.8 Å². The SMILES string of the molecule is CC1(F)CN(Cc2cccc(F)c2CNc2cc(F)c(S(=O)(=O)N(OC=O)c3ccon3)c(F)c2)C1. The Labute approximate surface area is 203 Å². The third-order valence-corrected chi connectivity index (χ3v) is 7.03. The Hall–Kier alpha value is -3.65. The summed E-state index contributed by atoms with van der Waals surface area (Å²) in [6.45, 7) is 1.69. The zero-order valence-corrected chi connectivity index (χ0v) is 19.6. The van der Waals surface area contributed by atoms with Crippen LogP contribution in [0.2, 0.25) is 0 Å². The fourth-order valence-electron chi connectivity index (χ4n) is 3.94. The van der Waals surface area contributed by atoms with Gasteiger partial charge in [-0.1, -0.05) is 21.8 Å². The Bertz CT molecular complexity index is 1340. The maximum atomic E-state index is 14.8. The summed E-state index contributed by atoms with van der Waals surface area (Å²) >= 11 is 0. The molecule has 3 aromatic rings. The van der Waals surface area contributed by atoms with Crippen molar-refractivity contribution in [2.75, 3.05) is 22.9 Å². The maximum absolute atomic E-state index is 14.8. The molecule has 1 aliphatic rings. The third-order valence-electron chi connectivity index (χ3n) is 5.41. The molecule has 0 atom stereocenters. The molecule has 0 aliphatic carbocycles. The summed E-state index contributed by atoms with van der Waals surface area (Å²) in [6.07, 6.45) is 0.959. The van der Waals surface area contributed by atoms with Crippen LogP contribution in [0.3, 0.4) is 0 Å². The number of anilines is 2. The zero-order chi connectivity index (χ0) is 26.1. The van der Waals surface area contributed by atoms with Crippen molar-refractivity contribution in [1.82, 2.24) is 10.1 Å². The van der Waals surface area contributed by atoms with Gasteiger partial charge in [0.05, 0.1) is 0 Å². The van der Waals surface area contributed by atoms with E-state index in [4.69, 9.17) is 0 Å². The first kappa shape index (κ1) is 25.4. The molecule has 2 aromatic carbocycles. The highest BCUT2D eigenvalue weighted by Gasteiger charge is 2.39. The number of hydrogen-bond donors (Lipinski definition) is 1. The lowest BCUT2D eigenvalue weighted by Gasteiger charge is -2.42. The molecule has 0 radical (unpaired) electrons. The molecule has 0 amide bonds. The molecule has 4 rings (SSSR count). The van der Waals surface area contributed by atoms with Crippen LogP contribution in [0.15, 0.2) is 52.1 Å². The van der Waals surface area contributed by atoms with E-state index >= 15 is 0 Å². The van der Waals surface area contributed by atoms with Gasteiger partial charge in [-0.05, 0) is 30.7 Å². The molecule has 9 nitrogen and oxygen atoms in total. The van der Waals surface area contributed by atoms with Crippen molar-refractivity contribution in [2.24, 2.45) is 0 Å². The van der Waals surface area contributed by atoms with Crippen molar-refractivity contribution >= 4 is 28.0 Å². The molecule has 1 aliphatic heterocycles. The molecule has 0 saturated carbocycles. The number of likely N-dealkylation sites (tertiary alicyclic amines) is 1. The first-order chi connectivity index (χ1) is 17.0. The van der Waals surface area contributed by atoms with Crippen LogP contribution in [0, 0.1) is 17.5 Å². The second-order valence-corrected chi connectivity index (χ2v) is 10.0. The van der Waals surface area contributed by atoms with Crippen molar-refractivity contribution in [3.8, 4) is 0 Å². The largest absolute Gasteiger partial charge is 0.381 e. The minimum Gasteiger partial charge on any atom is -0.381 e. The number of sulfonamides is 1. The number of hydrogen-bond acceptors (Lipinski definition) is 8. The number of carbonyl (C=O) groups excluding carboxylic acids is 1. The van der Waals surface area contributed by atoms with Crippen LogP contribution in [0.5, 0.6) is 0 Å². The molecule has 0 spiro atoms. The highest BCUT2D eigenvalue weighted by Crippen LogP contribution is 2.30. The molecule has 36 heavy (non-hydrogen) atoms. The first-order valence-corrected chi connectivity index (χ1v) is 11.9. The molecule has 1 saturated heterocycles. The van der Waals surface area contributed by atoms with Crippen molar-refractivity contribution in [1.29, 1.82) is 0 Å². The quantitative estimate of drug-likeness (QED) is 0.242. The standard InChI is InChI=1S/C22H20F4N4O5S/c1-22(26)11-29(12-22)10-14-3-2-4-17(23)16(14)9-27-15-7-18(24)21(19(25)8-15)36(32,33)30(35-13-31)20-5-6-34-28-20/h2-8,13,27H,9-12H2,1H3. The van der Waals surface area contributed by atoms with Crippen LogP contribution in [-0.4, -0.2) is 43.7 Å². The molecular formula is C22H20F4N4O5S. The Morgan fingerprint density at radius 3 is 2.47 bits per heavy atom. The summed E-state index contributed by atoms with van der Waals surface area (Å²) in [5, 5.41) is 5.97. The third kappa shape index (κ3) is 5.14. The normalized spacial score (nSPS) is 15.2. The van der Waals surface area contributed by atoms with Gasteiger partial charge in [0.15, 0.2) is 4.90 Å². The van der Waals surface area contributed by atoms with Gasteiger partial charge in [-0.3, -0.25) is 9.69 Å². The zero-order valence-electron chi connectivity index (χ0n) is 18.8. The number of carbonyl (C=O) groups is 1. The number of benzene rings is 2. The molecule has 1 N–H and O–H groups in total.